The maximum absolute atomic E-state index is 2.52. The molecule has 0 spiro atoms. The highest BCUT2D eigenvalue weighted by Gasteiger charge is 2.37. The largest absolute Gasteiger partial charge is 0.135 e. The van der Waals surface area contributed by atoms with Crippen molar-refractivity contribution < 1.29 is 0 Å². The van der Waals surface area contributed by atoms with Gasteiger partial charge in [0, 0.05) is 20.0 Å². The molecule has 132 valence electrons. The molecule has 0 N–H and O–H groups in total. The van der Waals surface area contributed by atoms with Crippen molar-refractivity contribution in [2.24, 2.45) is 0 Å². The minimum atomic E-state index is -0.0632. The third-order valence-corrected chi connectivity index (χ3v) is 14.3. The van der Waals surface area contributed by atoms with Crippen LogP contribution >= 0.6 is 27.2 Å². The van der Waals surface area contributed by atoms with Gasteiger partial charge in [-0.15, -0.1) is 11.3 Å². The van der Waals surface area contributed by atoms with Gasteiger partial charge in [0.15, 0.2) is 0 Å². The Hall–Kier alpha value is 0.0400. The molecule has 0 nitrogen and oxygen atoms in total. The molecule has 0 aliphatic carbocycles. The van der Waals surface area contributed by atoms with Gasteiger partial charge in [0.25, 0.3) is 0 Å². The molecule has 3 heteroatoms. The van der Waals surface area contributed by atoms with E-state index >= 15 is 0 Å². The molecule has 3 rings (SSSR count). The molecule has 0 radical (unpaired) electrons. The predicted molar refractivity (Wildman–Crippen MR) is 118 cm³/mol. The molecule has 4 atom stereocenters. The number of fused-ring (bicyclic) bond motifs is 1. The van der Waals surface area contributed by atoms with Crippen LogP contribution in [0.5, 0.6) is 0 Å². The van der Waals surface area contributed by atoms with Crippen LogP contribution in [0, 0.1) is 0 Å². The number of benzene rings is 1. The molecule has 0 bridgehead atoms. The zero-order chi connectivity index (χ0) is 17.4. The molecule has 24 heavy (non-hydrogen) atoms. The summed E-state index contributed by atoms with van der Waals surface area (Å²) in [5.41, 5.74) is 3.40. The summed E-state index contributed by atoms with van der Waals surface area (Å²) in [4.78, 5) is 0. The molecule has 0 amide bonds. The second-order valence-electron chi connectivity index (χ2n) is 7.69. The Bertz CT molecular complexity index is 680. The molecule has 1 unspecified atom stereocenters. The molecule has 1 aromatic heterocycles. The molecule has 1 aliphatic heterocycles. The van der Waals surface area contributed by atoms with Gasteiger partial charge in [0.1, 0.15) is 0 Å². The first-order valence-corrected chi connectivity index (χ1v) is 13.3. The van der Waals surface area contributed by atoms with Gasteiger partial charge in [-0.2, -0.15) is 0 Å². The zero-order valence-electron chi connectivity index (χ0n) is 16.0. The Morgan fingerprint density at radius 3 is 2.33 bits per heavy atom. The van der Waals surface area contributed by atoms with Gasteiger partial charge in [-0.3, -0.25) is 0 Å². The molecule has 1 saturated heterocycles. The van der Waals surface area contributed by atoms with Crippen LogP contribution in [-0.4, -0.2) is 22.6 Å². The minimum absolute atomic E-state index is 0.00659. The lowest BCUT2D eigenvalue weighted by molar-refractivity contribution is 0.777. The van der Waals surface area contributed by atoms with Gasteiger partial charge in [-0.05, 0) is 48.0 Å². The molecular weight excluding hydrogens is 346 g/mol. The lowest BCUT2D eigenvalue weighted by Crippen LogP contribution is -2.27. The van der Waals surface area contributed by atoms with E-state index in [0.717, 1.165) is 22.6 Å². The summed E-state index contributed by atoms with van der Waals surface area (Å²) in [7, 11) is -0.0698. The molecule has 2 aromatic rings. The van der Waals surface area contributed by atoms with E-state index in [-0.39, 0.29) is 15.8 Å². The number of thiophene rings is 1. The van der Waals surface area contributed by atoms with Crippen molar-refractivity contribution >= 4 is 47.2 Å². The maximum atomic E-state index is 2.52. The average Bonchev–Trinajstić information content (AvgIpc) is 3.07. The highest BCUT2D eigenvalue weighted by Crippen LogP contribution is 2.58. The van der Waals surface area contributed by atoms with E-state index in [9.17, 15) is 0 Å². The molecule has 0 saturated carbocycles. The fraction of sp³-hybridized carbons (Fsp3) is 0.619. The Kier molecular flexibility index (Phi) is 6.07. The quantitative estimate of drug-likeness (QED) is 0.497. The van der Waals surface area contributed by atoms with E-state index < -0.39 is 0 Å². The summed E-state index contributed by atoms with van der Waals surface area (Å²) in [6, 6.07) is 9.25. The Morgan fingerprint density at radius 1 is 1.12 bits per heavy atom. The van der Waals surface area contributed by atoms with Gasteiger partial charge >= 0.3 is 0 Å². The maximum Gasteiger partial charge on any atom is 0.0372 e. The van der Waals surface area contributed by atoms with Crippen molar-refractivity contribution in [1.29, 1.82) is 0 Å². The van der Waals surface area contributed by atoms with Crippen molar-refractivity contribution in [3.63, 3.8) is 0 Å². The second-order valence-corrected chi connectivity index (χ2v) is 15.2. The zero-order valence-corrected chi connectivity index (χ0v) is 18.6. The van der Waals surface area contributed by atoms with Crippen LogP contribution in [-0.2, 0) is 0 Å². The van der Waals surface area contributed by atoms with Crippen molar-refractivity contribution in [2.75, 3.05) is 0 Å². The fourth-order valence-corrected chi connectivity index (χ4v) is 14.1. The van der Waals surface area contributed by atoms with E-state index in [1.54, 1.807) is 5.39 Å². The Morgan fingerprint density at radius 2 is 1.75 bits per heavy atom. The Labute approximate surface area is 154 Å². The fourth-order valence-electron chi connectivity index (χ4n) is 4.22. The summed E-state index contributed by atoms with van der Waals surface area (Å²) in [6.45, 7) is 14.8. The highest BCUT2D eigenvalue weighted by atomic mass is 32.1. The van der Waals surface area contributed by atoms with Crippen LogP contribution < -0.4 is 9.92 Å². The van der Waals surface area contributed by atoms with Gasteiger partial charge in [-0.25, -0.2) is 0 Å². The Balaban J connectivity index is 2.21. The lowest BCUT2D eigenvalue weighted by atomic mass is 10.2. The van der Waals surface area contributed by atoms with E-state index in [1.165, 1.54) is 24.0 Å². The van der Waals surface area contributed by atoms with Crippen molar-refractivity contribution in [3.05, 3.63) is 24.3 Å². The molecular formula is C21H32P2S. The van der Waals surface area contributed by atoms with E-state index in [4.69, 9.17) is 0 Å². The lowest BCUT2D eigenvalue weighted by Gasteiger charge is -2.31. The van der Waals surface area contributed by atoms with Crippen LogP contribution in [0.1, 0.15) is 60.8 Å². The summed E-state index contributed by atoms with van der Waals surface area (Å²) >= 11 is 2.14. The standard InChI is InChI=1S/C21H32P2S/c1-7-15(4)22(14(2)3)21-20(23-16(5)12-13-17(23)6)18-10-8-9-11-19(18)24-21/h8-11,14-17H,7,12-13H2,1-6H3/t15-,16-,17-,22?/m0/s1. The number of rotatable bonds is 5. The topological polar surface area (TPSA) is 0 Å². The van der Waals surface area contributed by atoms with Crippen molar-refractivity contribution in [1.82, 2.24) is 0 Å². The number of hydrogen-bond donors (Lipinski definition) is 0. The van der Waals surface area contributed by atoms with E-state index in [2.05, 4.69) is 77.1 Å². The first kappa shape index (κ1) is 18.8. The third-order valence-electron chi connectivity index (χ3n) is 5.62. The molecule has 1 aliphatic rings. The van der Waals surface area contributed by atoms with Crippen LogP contribution in [0.25, 0.3) is 10.1 Å². The van der Waals surface area contributed by atoms with Gasteiger partial charge in [-0.1, -0.05) is 75.6 Å². The summed E-state index contributed by atoms with van der Waals surface area (Å²) in [5.74, 6) is 0. The monoisotopic (exact) mass is 378 g/mol. The van der Waals surface area contributed by atoms with Crippen LogP contribution in [0.4, 0.5) is 0 Å². The van der Waals surface area contributed by atoms with Crippen LogP contribution in [0.3, 0.4) is 0 Å². The van der Waals surface area contributed by atoms with E-state index in [0.29, 0.717) is 0 Å². The summed E-state index contributed by atoms with van der Waals surface area (Å²) in [5, 5.41) is 3.42. The summed E-state index contributed by atoms with van der Waals surface area (Å²) in [6.07, 6.45) is 4.17. The smallest absolute Gasteiger partial charge is 0.0372 e. The van der Waals surface area contributed by atoms with Gasteiger partial charge in [0.2, 0.25) is 0 Å². The van der Waals surface area contributed by atoms with Gasteiger partial charge < -0.3 is 0 Å². The predicted octanol–water partition coefficient (Wildman–Crippen LogP) is 6.89. The average molecular weight is 379 g/mol. The normalized spacial score (nSPS) is 24.8. The first-order chi connectivity index (χ1) is 11.5. The number of hydrogen-bond acceptors (Lipinski definition) is 1. The van der Waals surface area contributed by atoms with E-state index in [1.807, 2.05) is 9.92 Å². The first-order valence-electron chi connectivity index (χ1n) is 9.53. The summed E-state index contributed by atoms with van der Waals surface area (Å²) < 4.78 is 3.34. The van der Waals surface area contributed by atoms with Crippen molar-refractivity contribution in [3.8, 4) is 0 Å². The highest BCUT2D eigenvalue weighted by molar-refractivity contribution is 7.78. The van der Waals surface area contributed by atoms with Crippen LogP contribution in [0.15, 0.2) is 24.3 Å². The molecule has 1 aromatic carbocycles. The molecule has 2 heterocycles. The SMILES string of the molecule is CC[C@H](C)P(c1sc2ccccc2c1P1[C@@H](C)CC[C@@H]1C)C(C)C. The third kappa shape index (κ3) is 3.34. The van der Waals surface area contributed by atoms with Crippen molar-refractivity contribution in [2.45, 2.75) is 83.4 Å². The van der Waals surface area contributed by atoms with Crippen LogP contribution in [0.2, 0.25) is 0 Å². The minimum Gasteiger partial charge on any atom is -0.135 e. The van der Waals surface area contributed by atoms with Gasteiger partial charge in [0.05, 0.1) is 0 Å². The second kappa shape index (κ2) is 7.73. The molecule has 1 fully saturated rings.